The van der Waals surface area contributed by atoms with Crippen LogP contribution in [-0.4, -0.2) is 39.1 Å². The molecule has 2 aromatic carbocycles. The number of nitrogens with zero attached hydrogens (tertiary/aromatic N) is 2. The van der Waals surface area contributed by atoms with Gasteiger partial charge in [0.1, 0.15) is 17.3 Å². The van der Waals surface area contributed by atoms with E-state index in [1.54, 1.807) is 4.90 Å². The normalized spacial score (nSPS) is 16.9. The number of fused-ring (bicyclic) bond motifs is 1. The Kier molecular flexibility index (Phi) is 4.58. The molecule has 1 aliphatic rings. The fourth-order valence-corrected chi connectivity index (χ4v) is 4.14. The standard InChI is InChI=1S/C23H20F2N4O/c24-16-7-8-17(18(25)11-16)23(30)29-9-3-5-15(13-29)20-12-22(28-27-20)21-10-14-4-1-2-6-19(14)26-21/h1-2,4,6-8,10-12,15,26H,3,5,9,13H2,(H,27,28)/t15-/m0/s1. The van der Waals surface area contributed by atoms with Crippen LogP contribution in [0.5, 0.6) is 0 Å². The summed E-state index contributed by atoms with van der Waals surface area (Å²) in [7, 11) is 0. The molecule has 1 amide bonds. The summed E-state index contributed by atoms with van der Waals surface area (Å²) >= 11 is 0. The minimum atomic E-state index is -0.829. The highest BCUT2D eigenvalue weighted by atomic mass is 19.1. The lowest BCUT2D eigenvalue weighted by molar-refractivity contribution is 0.0701. The van der Waals surface area contributed by atoms with Gasteiger partial charge in [-0.05, 0) is 43.2 Å². The number of para-hydroxylation sites is 1. The predicted octanol–water partition coefficient (Wildman–Crippen LogP) is 4.86. The van der Waals surface area contributed by atoms with Gasteiger partial charge in [-0.15, -0.1) is 0 Å². The first kappa shape index (κ1) is 18.5. The van der Waals surface area contributed by atoms with E-state index in [1.807, 2.05) is 30.3 Å². The van der Waals surface area contributed by atoms with Crippen molar-refractivity contribution in [2.75, 3.05) is 13.1 Å². The number of carbonyl (C=O) groups is 1. The van der Waals surface area contributed by atoms with Gasteiger partial charge < -0.3 is 9.88 Å². The first-order valence-corrected chi connectivity index (χ1v) is 9.96. The maximum absolute atomic E-state index is 14.0. The molecule has 0 radical (unpaired) electrons. The number of aromatic nitrogens is 3. The molecule has 7 heteroatoms. The van der Waals surface area contributed by atoms with E-state index in [-0.39, 0.29) is 11.5 Å². The molecule has 5 rings (SSSR count). The maximum Gasteiger partial charge on any atom is 0.256 e. The molecule has 0 spiro atoms. The lowest BCUT2D eigenvalue weighted by Gasteiger charge is -2.32. The summed E-state index contributed by atoms with van der Waals surface area (Å²) in [5.41, 5.74) is 3.64. The average Bonchev–Trinajstić information content (AvgIpc) is 3.40. The van der Waals surface area contributed by atoms with Crippen molar-refractivity contribution in [1.82, 2.24) is 20.1 Å². The van der Waals surface area contributed by atoms with Gasteiger partial charge in [-0.25, -0.2) is 8.78 Å². The molecule has 5 nitrogen and oxygen atoms in total. The third-order valence-corrected chi connectivity index (χ3v) is 5.71. The summed E-state index contributed by atoms with van der Waals surface area (Å²) in [4.78, 5) is 17.8. The number of amides is 1. The molecule has 1 fully saturated rings. The number of piperidine rings is 1. The fraction of sp³-hybridized carbons (Fsp3) is 0.217. The molecule has 152 valence electrons. The molecule has 3 heterocycles. The van der Waals surface area contributed by atoms with Gasteiger partial charge in [0.25, 0.3) is 5.91 Å². The largest absolute Gasteiger partial charge is 0.353 e. The molecule has 0 saturated carbocycles. The second-order valence-corrected chi connectivity index (χ2v) is 7.69. The Morgan fingerprint density at radius 1 is 1.10 bits per heavy atom. The Morgan fingerprint density at radius 2 is 1.97 bits per heavy atom. The van der Waals surface area contributed by atoms with Crippen molar-refractivity contribution < 1.29 is 13.6 Å². The van der Waals surface area contributed by atoms with E-state index in [2.05, 4.69) is 21.2 Å². The SMILES string of the molecule is O=C(c1ccc(F)cc1F)N1CCC[C@H](c2cc(-c3cc4ccccc4[nH]3)n[nH]2)C1. The zero-order valence-corrected chi connectivity index (χ0v) is 16.2. The van der Waals surface area contributed by atoms with Crippen molar-refractivity contribution >= 4 is 16.8 Å². The number of aromatic amines is 2. The molecule has 2 aromatic heterocycles. The third-order valence-electron chi connectivity index (χ3n) is 5.71. The van der Waals surface area contributed by atoms with E-state index in [0.717, 1.165) is 53.0 Å². The van der Waals surface area contributed by atoms with Gasteiger partial charge in [0.15, 0.2) is 0 Å². The van der Waals surface area contributed by atoms with Crippen LogP contribution in [0.15, 0.2) is 54.6 Å². The molecular formula is C23H20F2N4O. The second kappa shape index (κ2) is 7.40. The van der Waals surface area contributed by atoms with Gasteiger partial charge in [-0.3, -0.25) is 9.89 Å². The van der Waals surface area contributed by atoms with Gasteiger partial charge in [0.05, 0.1) is 11.3 Å². The van der Waals surface area contributed by atoms with E-state index in [1.165, 1.54) is 6.07 Å². The highest BCUT2D eigenvalue weighted by Crippen LogP contribution is 2.30. The monoisotopic (exact) mass is 406 g/mol. The highest BCUT2D eigenvalue weighted by molar-refractivity contribution is 5.94. The first-order chi connectivity index (χ1) is 14.6. The van der Waals surface area contributed by atoms with Crippen LogP contribution in [0.25, 0.3) is 22.3 Å². The molecule has 30 heavy (non-hydrogen) atoms. The van der Waals surface area contributed by atoms with Crippen molar-refractivity contribution in [2.45, 2.75) is 18.8 Å². The maximum atomic E-state index is 14.0. The van der Waals surface area contributed by atoms with Gasteiger partial charge in [0, 0.05) is 41.7 Å². The molecule has 0 unspecified atom stereocenters. The topological polar surface area (TPSA) is 64.8 Å². The van der Waals surface area contributed by atoms with Crippen LogP contribution in [0.3, 0.4) is 0 Å². The Hall–Kier alpha value is -3.48. The molecule has 2 N–H and O–H groups in total. The van der Waals surface area contributed by atoms with Crippen LogP contribution < -0.4 is 0 Å². The highest BCUT2D eigenvalue weighted by Gasteiger charge is 2.28. The Labute approximate surface area is 171 Å². The molecule has 1 saturated heterocycles. The van der Waals surface area contributed by atoms with Crippen LogP contribution in [0.1, 0.15) is 34.8 Å². The minimum absolute atomic E-state index is 0.0804. The summed E-state index contributed by atoms with van der Waals surface area (Å²) in [6, 6.07) is 15.2. The number of nitrogens with one attached hydrogen (secondary N) is 2. The molecule has 4 aromatic rings. The average molecular weight is 406 g/mol. The number of hydrogen-bond donors (Lipinski definition) is 2. The van der Waals surface area contributed by atoms with Crippen LogP contribution in [0.2, 0.25) is 0 Å². The minimum Gasteiger partial charge on any atom is -0.353 e. The lowest BCUT2D eigenvalue weighted by atomic mass is 9.94. The summed E-state index contributed by atoms with van der Waals surface area (Å²) in [5.74, 6) is -1.85. The van der Waals surface area contributed by atoms with E-state index in [4.69, 9.17) is 0 Å². The molecule has 0 aliphatic carbocycles. The number of hydrogen-bond acceptors (Lipinski definition) is 2. The van der Waals surface area contributed by atoms with Crippen LogP contribution in [-0.2, 0) is 0 Å². The van der Waals surface area contributed by atoms with E-state index < -0.39 is 17.5 Å². The smallest absolute Gasteiger partial charge is 0.256 e. The number of H-pyrrole nitrogens is 2. The summed E-state index contributed by atoms with van der Waals surface area (Å²) in [6.45, 7) is 1.01. The zero-order chi connectivity index (χ0) is 20.7. The van der Waals surface area contributed by atoms with Crippen molar-refractivity contribution in [3.05, 3.63) is 77.5 Å². The van der Waals surface area contributed by atoms with Crippen molar-refractivity contribution in [1.29, 1.82) is 0 Å². The summed E-state index contributed by atoms with van der Waals surface area (Å²) in [6.07, 6.45) is 1.71. The molecule has 0 bridgehead atoms. The first-order valence-electron chi connectivity index (χ1n) is 9.96. The predicted molar refractivity (Wildman–Crippen MR) is 110 cm³/mol. The Balaban J connectivity index is 1.35. The Bertz CT molecular complexity index is 1200. The molecular weight excluding hydrogens is 386 g/mol. The lowest BCUT2D eigenvalue weighted by Crippen LogP contribution is -2.39. The van der Waals surface area contributed by atoms with Crippen LogP contribution >= 0.6 is 0 Å². The summed E-state index contributed by atoms with van der Waals surface area (Å²) < 4.78 is 27.2. The van der Waals surface area contributed by atoms with Crippen LogP contribution in [0, 0.1) is 11.6 Å². The number of carbonyl (C=O) groups excluding carboxylic acids is 1. The number of rotatable bonds is 3. The fourth-order valence-electron chi connectivity index (χ4n) is 4.14. The number of halogens is 2. The zero-order valence-electron chi connectivity index (χ0n) is 16.2. The van der Waals surface area contributed by atoms with Crippen molar-refractivity contribution in [3.8, 4) is 11.4 Å². The van der Waals surface area contributed by atoms with E-state index in [9.17, 15) is 13.6 Å². The quantitative estimate of drug-likeness (QED) is 0.511. The second-order valence-electron chi connectivity index (χ2n) is 7.69. The van der Waals surface area contributed by atoms with E-state index >= 15 is 0 Å². The number of benzene rings is 2. The van der Waals surface area contributed by atoms with Gasteiger partial charge in [-0.2, -0.15) is 5.10 Å². The summed E-state index contributed by atoms with van der Waals surface area (Å²) in [5, 5.41) is 8.67. The third kappa shape index (κ3) is 3.36. The number of likely N-dealkylation sites (tertiary alicyclic amines) is 1. The van der Waals surface area contributed by atoms with Crippen LogP contribution in [0.4, 0.5) is 8.78 Å². The van der Waals surface area contributed by atoms with E-state index in [0.29, 0.717) is 13.1 Å². The molecule has 1 aliphatic heterocycles. The van der Waals surface area contributed by atoms with Crippen molar-refractivity contribution in [2.24, 2.45) is 0 Å². The van der Waals surface area contributed by atoms with Gasteiger partial charge in [0.2, 0.25) is 0 Å². The van der Waals surface area contributed by atoms with Crippen molar-refractivity contribution in [3.63, 3.8) is 0 Å². The Morgan fingerprint density at radius 3 is 2.80 bits per heavy atom. The molecule has 1 atom stereocenters. The van der Waals surface area contributed by atoms with Gasteiger partial charge >= 0.3 is 0 Å². The van der Waals surface area contributed by atoms with Gasteiger partial charge in [-0.1, -0.05) is 18.2 Å².